The van der Waals surface area contributed by atoms with Gasteiger partial charge in [-0.1, -0.05) is 45.0 Å². The van der Waals surface area contributed by atoms with Crippen LogP contribution >= 0.6 is 0 Å². The Kier molecular flexibility index (Phi) is 6.06. The molecule has 2 nitrogen and oxygen atoms in total. The number of hydrogen-bond acceptors (Lipinski definition) is 2. The largest absolute Gasteiger partial charge is 0.369 e. The van der Waals surface area contributed by atoms with Crippen molar-refractivity contribution in [3.05, 3.63) is 35.4 Å². The van der Waals surface area contributed by atoms with Crippen LogP contribution in [-0.4, -0.2) is 12.9 Å². The fourth-order valence-electron chi connectivity index (χ4n) is 2.13. The highest BCUT2D eigenvalue weighted by Gasteiger charge is 2.18. The molecule has 18 heavy (non-hydrogen) atoms. The van der Waals surface area contributed by atoms with Crippen molar-refractivity contribution in [1.29, 1.82) is 0 Å². The lowest BCUT2D eigenvalue weighted by Gasteiger charge is -2.15. The summed E-state index contributed by atoms with van der Waals surface area (Å²) in [4.78, 5) is 11.9. The van der Waals surface area contributed by atoms with E-state index in [1.54, 1.807) is 7.11 Å². The molecular formula is C16H24O2. The molecule has 0 N–H and O–H groups in total. The lowest BCUT2D eigenvalue weighted by atomic mass is 9.98. The fraction of sp³-hybridized carbons (Fsp3) is 0.562. The van der Waals surface area contributed by atoms with Gasteiger partial charge in [0.25, 0.3) is 0 Å². The van der Waals surface area contributed by atoms with Crippen LogP contribution in [0.25, 0.3) is 0 Å². The molecule has 0 aliphatic rings. The quantitative estimate of drug-likeness (QED) is 0.730. The van der Waals surface area contributed by atoms with E-state index in [9.17, 15) is 4.79 Å². The number of hydrogen-bond donors (Lipinski definition) is 0. The van der Waals surface area contributed by atoms with Crippen molar-refractivity contribution in [3.8, 4) is 0 Å². The zero-order valence-corrected chi connectivity index (χ0v) is 11.9. The Labute approximate surface area is 110 Å². The van der Waals surface area contributed by atoms with Crippen LogP contribution in [0.3, 0.4) is 0 Å². The highest BCUT2D eigenvalue weighted by Crippen LogP contribution is 2.21. The van der Waals surface area contributed by atoms with Gasteiger partial charge in [-0.05, 0) is 29.9 Å². The highest BCUT2D eigenvalue weighted by molar-refractivity contribution is 5.84. The summed E-state index contributed by atoms with van der Waals surface area (Å²) in [6.07, 6.45) is 2.11. The van der Waals surface area contributed by atoms with E-state index in [-0.39, 0.29) is 5.78 Å². The SMILES string of the molecule is CCCC(=O)C(OC)c1ccc(CC(C)C)cc1. The molecule has 2 heteroatoms. The number of methoxy groups -OCH3 is 1. The van der Waals surface area contributed by atoms with Gasteiger partial charge >= 0.3 is 0 Å². The molecule has 0 saturated carbocycles. The first-order valence-corrected chi connectivity index (χ1v) is 6.72. The van der Waals surface area contributed by atoms with E-state index in [1.807, 2.05) is 19.1 Å². The molecule has 1 unspecified atom stereocenters. The van der Waals surface area contributed by atoms with E-state index in [1.165, 1.54) is 5.56 Å². The Morgan fingerprint density at radius 1 is 1.22 bits per heavy atom. The third kappa shape index (κ3) is 4.26. The van der Waals surface area contributed by atoms with Crippen molar-refractivity contribution in [2.24, 2.45) is 5.92 Å². The first-order valence-electron chi connectivity index (χ1n) is 6.72. The molecule has 0 saturated heterocycles. The van der Waals surface area contributed by atoms with Gasteiger partial charge in [0, 0.05) is 13.5 Å². The number of Topliss-reactive ketones (excluding diaryl/α,β-unsaturated/α-hetero) is 1. The van der Waals surface area contributed by atoms with E-state index in [0.29, 0.717) is 12.3 Å². The summed E-state index contributed by atoms with van der Waals surface area (Å²) in [5, 5.41) is 0. The Balaban J connectivity index is 2.78. The van der Waals surface area contributed by atoms with Crippen molar-refractivity contribution in [2.75, 3.05) is 7.11 Å². The fourth-order valence-corrected chi connectivity index (χ4v) is 2.13. The zero-order chi connectivity index (χ0) is 13.5. The molecule has 0 aliphatic heterocycles. The minimum absolute atomic E-state index is 0.164. The average Bonchev–Trinajstić information content (AvgIpc) is 2.32. The number of ether oxygens (including phenoxy) is 1. The van der Waals surface area contributed by atoms with Gasteiger partial charge in [0.05, 0.1) is 0 Å². The molecule has 0 aromatic heterocycles. The van der Waals surface area contributed by atoms with Crippen LogP contribution in [0.15, 0.2) is 24.3 Å². The van der Waals surface area contributed by atoms with Crippen LogP contribution in [0.2, 0.25) is 0 Å². The summed E-state index contributed by atoms with van der Waals surface area (Å²) in [5.41, 5.74) is 2.27. The minimum atomic E-state index is -0.405. The van der Waals surface area contributed by atoms with E-state index < -0.39 is 6.10 Å². The molecule has 0 spiro atoms. The molecule has 0 aliphatic carbocycles. The second kappa shape index (κ2) is 7.32. The van der Waals surface area contributed by atoms with Crippen LogP contribution in [0.1, 0.15) is 50.8 Å². The van der Waals surface area contributed by atoms with E-state index in [2.05, 4.69) is 26.0 Å². The topological polar surface area (TPSA) is 26.3 Å². The molecule has 1 aromatic carbocycles. The van der Waals surface area contributed by atoms with Gasteiger partial charge in [0.1, 0.15) is 6.10 Å². The van der Waals surface area contributed by atoms with Crippen LogP contribution in [0.4, 0.5) is 0 Å². The maximum Gasteiger partial charge on any atom is 0.166 e. The van der Waals surface area contributed by atoms with Gasteiger partial charge in [-0.3, -0.25) is 4.79 Å². The third-order valence-corrected chi connectivity index (χ3v) is 2.95. The molecule has 0 amide bonds. The Hall–Kier alpha value is -1.15. The summed E-state index contributed by atoms with van der Waals surface area (Å²) in [5.74, 6) is 0.812. The Morgan fingerprint density at radius 2 is 1.83 bits per heavy atom. The molecule has 1 atom stereocenters. The van der Waals surface area contributed by atoms with E-state index in [4.69, 9.17) is 4.74 Å². The van der Waals surface area contributed by atoms with Gasteiger partial charge in [0.2, 0.25) is 0 Å². The summed E-state index contributed by atoms with van der Waals surface area (Å²) >= 11 is 0. The smallest absolute Gasteiger partial charge is 0.166 e. The predicted octanol–water partition coefficient (Wildman–Crippen LogP) is 3.94. The molecule has 100 valence electrons. The van der Waals surface area contributed by atoms with Crippen molar-refractivity contribution in [1.82, 2.24) is 0 Å². The van der Waals surface area contributed by atoms with Crippen LogP contribution in [0.5, 0.6) is 0 Å². The number of rotatable bonds is 7. The van der Waals surface area contributed by atoms with E-state index >= 15 is 0 Å². The van der Waals surface area contributed by atoms with E-state index in [0.717, 1.165) is 18.4 Å². The van der Waals surface area contributed by atoms with Gasteiger partial charge in [0.15, 0.2) is 5.78 Å². The zero-order valence-electron chi connectivity index (χ0n) is 11.9. The first kappa shape index (κ1) is 14.9. The maximum atomic E-state index is 11.9. The molecule has 1 rings (SSSR count). The lowest BCUT2D eigenvalue weighted by molar-refractivity contribution is -0.129. The summed E-state index contributed by atoms with van der Waals surface area (Å²) in [6, 6.07) is 8.22. The molecule has 0 radical (unpaired) electrons. The summed E-state index contributed by atoms with van der Waals surface area (Å²) in [7, 11) is 1.60. The lowest BCUT2D eigenvalue weighted by Crippen LogP contribution is -2.14. The maximum absolute atomic E-state index is 11.9. The molecule has 0 fully saturated rings. The monoisotopic (exact) mass is 248 g/mol. The molecular weight excluding hydrogens is 224 g/mol. The number of carbonyl (C=O) groups is 1. The Morgan fingerprint density at radius 3 is 2.28 bits per heavy atom. The van der Waals surface area contributed by atoms with Crippen molar-refractivity contribution >= 4 is 5.78 Å². The summed E-state index contributed by atoms with van der Waals surface area (Å²) < 4.78 is 5.32. The molecule has 0 bridgehead atoms. The second-order valence-corrected chi connectivity index (χ2v) is 5.17. The van der Waals surface area contributed by atoms with Crippen molar-refractivity contribution < 1.29 is 9.53 Å². The summed E-state index contributed by atoms with van der Waals surface area (Å²) in [6.45, 7) is 6.42. The van der Waals surface area contributed by atoms with Crippen molar-refractivity contribution in [2.45, 2.75) is 46.1 Å². The van der Waals surface area contributed by atoms with Gasteiger partial charge < -0.3 is 4.74 Å². The van der Waals surface area contributed by atoms with Crippen molar-refractivity contribution in [3.63, 3.8) is 0 Å². The minimum Gasteiger partial charge on any atom is -0.369 e. The number of benzene rings is 1. The van der Waals surface area contributed by atoms with Gasteiger partial charge in [-0.15, -0.1) is 0 Å². The van der Waals surface area contributed by atoms with Crippen LogP contribution in [0, 0.1) is 5.92 Å². The Bertz CT molecular complexity index is 365. The standard InChI is InChI=1S/C16H24O2/c1-5-6-15(17)16(18-4)14-9-7-13(8-10-14)11-12(2)3/h7-10,12,16H,5-6,11H2,1-4H3. The second-order valence-electron chi connectivity index (χ2n) is 5.17. The first-order chi connectivity index (χ1) is 8.58. The third-order valence-electron chi connectivity index (χ3n) is 2.95. The van der Waals surface area contributed by atoms with Gasteiger partial charge in [-0.25, -0.2) is 0 Å². The number of ketones is 1. The van der Waals surface area contributed by atoms with Crippen LogP contribution in [-0.2, 0) is 16.0 Å². The van der Waals surface area contributed by atoms with Crippen LogP contribution < -0.4 is 0 Å². The predicted molar refractivity (Wildman–Crippen MR) is 74.6 cm³/mol. The molecule has 0 heterocycles. The normalized spacial score (nSPS) is 12.7. The molecule has 1 aromatic rings. The highest BCUT2D eigenvalue weighted by atomic mass is 16.5. The number of carbonyl (C=O) groups excluding carboxylic acids is 1. The average molecular weight is 248 g/mol. The van der Waals surface area contributed by atoms with Gasteiger partial charge in [-0.2, -0.15) is 0 Å².